The Bertz CT molecular complexity index is 961. The summed E-state index contributed by atoms with van der Waals surface area (Å²) in [6, 6.07) is 13.9. The maximum atomic E-state index is 13.4. The number of halogens is 1. The first kappa shape index (κ1) is 22.4. The van der Waals surface area contributed by atoms with Crippen LogP contribution in [-0.4, -0.2) is 59.4 Å². The second-order valence-electron chi connectivity index (χ2n) is 8.78. The van der Waals surface area contributed by atoms with E-state index in [2.05, 4.69) is 35.3 Å². The van der Waals surface area contributed by atoms with E-state index >= 15 is 0 Å². The SMILES string of the molecule is Cc1ccccc1CN(C1CC1)C1CC(C(=O)NCCN)N(C(=O)c2ccc(F)cc2)C1. The molecule has 1 aliphatic carbocycles. The van der Waals surface area contributed by atoms with Gasteiger partial charge < -0.3 is 16.0 Å². The average molecular weight is 439 g/mol. The predicted octanol–water partition coefficient (Wildman–Crippen LogP) is 2.46. The zero-order chi connectivity index (χ0) is 22.7. The van der Waals surface area contributed by atoms with E-state index in [-0.39, 0.29) is 17.9 Å². The Balaban J connectivity index is 1.57. The monoisotopic (exact) mass is 438 g/mol. The Morgan fingerprint density at radius 2 is 1.84 bits per heavy atom. The standard InChI is InChI=1S/C25H31FN4O2/c1-17-4-2-3-5-19(17)15-29(21-10-11-21)22-14-23(24(31)28-13-12-27)30(16-22)25(32)18-6-8-20(26)9-7-18/h2-9,21-23H,10-16,27H2,1H3,(H,28,31). The maximum absolute atomic E-state index is 13.4. The first-order valence-electron chi connectivity index (χ1n) is 11.3. The van der Waals surface area contributed by atoms with Crippen molar-refractivity contribution in [2.45, 2.75) is 50.9 Å². The highest BCUT2D eigenvalue weighted by Crippen LogP contribution is 2.35. The van der Waals surface area contributed by atoms with E-state index in [1.807, 2.05) is 6.07 Å². The van der Waals surface area contributed by atoms with Gasteiger partial charge in [0.1, 0.15) is 11.9 Å². The lowest BCUT2D eigenvalue weighted by atomic mass is 10.1. The van der Waals surface area contributed by atoms with Gasteiger partial charge in [0.15, 0.2) is 0 Å². The van der Waals surface area contributed by atoms with Gasteiger partial charge in [0.2, 0.25) is 5.91 Å². The number of hydrogen-bond acceptors (Lipinski definition) is 4. The summed E-state index contributed by atoms with van der Waals surface area (Å²) in [5.41, 5.74) is 8.46. The average Bonchev–Trinajstić information content (AvgIpc) is 3.54. The Labute approximate surface area is 188 Å². The Hall–Kier alpha value is -2.77. The zero-order valence-corrected chi connectivity index (χ0v) is 18.5. The minimum absolute atomic E-state index is 0.0835. The van der Waals surface area contributed by atoms with Gasteiger partial charge in [-0.3, -0.25) is 14.5 Å². The molecule has 1 heterocycles. The largest absolute Gasteiger partial charge is 0.353 e. The van der Waals surface area contributed by atoms with Gasteiger partial charge >= 0.3 is 0 Å². The number of nitrogens with one attached hydrogen (secondary N) is 1. The fourth-order valence-electron chi connectivity index (χ4n) is 4.55. The van der Waals surface area contributed by atoms with Gasteiger partial charge in [-0.1, -0.05) is 24.3 Å². The van der Waals surface area contributed by atoms with Crippen molar-refractivity contribution in [2.75, 3.05) is 19.6 Å². The molecule has 2 aliphatic rings. The van der Waals surface area contributed by atoms with Crippen LogP contribution in [0.3, 0.4) is 0 Å². The molecule has 0 radical (unpaired) electrons. The molecule has 6 nitrogen and oxygen atoms in total. The molecule has 32 heavy (non-hydrogen) atoms. The lowest BCUT2D eigenvalue weighted by Gasteiger charge is -2.29. The van der Waals surface area contributed by atoms with Crippen molar-refractivity contribution in [2.24, 2.45) is 5.73 Å². The van der Waals surface area contributed by atoms with E-state index in [9.17, 15) is 14.0 Å². The number of carbonyl (C=O) groups is 2. The third kappa shape index (κ3) is 5.00. The quantitative estimate of drug-likeness (QED) is 0.664. The van der Waals surface area contributed by atoms with Crippen molar-refractivity contribution in [1.82, 2.24) is 15.1 Å². The molecule has 2 atom stereocenters. The summed E-state index contributed by atoms with van der Waals surface area (Å²) in [4.78, 5) is 30.3. The highest BCUT2D eigenvalue weighted by Gasteiger charge is 2.45. The van der Waals surface area contributed by atoms with Crippen molar-refractivity contribution in [3.05, 3.63) is 71.0 Å². The van der Waals surface area contributed by atoms with Gasteiger partial charge in [0.25, 0.3) is 5.91 Å². The van der Waals surface area contributed by atoms with Crippen molar-refractivity contribution in [1.29, 1.82) is 0 Å². The Morgan fingerprint density at radius 1 is 1.12 bits per heavy atom. The second kappa shape index (κ2) is 9.79. The molecule has 0 aromatic heterocycles. The highest BCUT2D eigenvalue weighted by atomic mass is 19.1. The summed E-state index contributed by atoms with van der Waals surface area (Å²) >= 11 is 0. The van der Waals surface area contributed by atoms with E-state index in [0.717, 1.165) is 19.4 Å². The normalized spacial score (nSPS) is 20.6. The van der Waals surface area contributed by atoms with Crippen molar-refractivity contribution >= 4 is 11.8 Å². The maximum Gasteiger partial charge on any atom is 0.254 e. The van der Waals surface area contributed by atoms with Crippen LogP contribution in [0, 0.1) is 12.7 Å². The predicted molar refractivity (Wildman–Crippen MR) is 121 cm³/mol. The molecule has 170 valence electrons. The van der Waals surface area contributed by atoms with Gasteiger partial charge in [0.05, 0.1) is 0 Å². The molecule has 7 heteroatoms. The van der Waals surface area contributed by atoms with Crippen LogP contribution in [0.25, 0.3) is 0 Å². The molecule has 1 aliphatic heterocycles. The third-order valence-corrected chi connectivity index (χ3v) is 6.48. The van der Waals surface area contributed by atoms with Crippen LogP contribution in [0.15, 0.2) is 48.5 Å². The highest BCUT2D eigenvalue weighted by molar-refractivity contribution is 5.98. The summed E-state index contributed by atoms with van der Waals surface area (Å²) in [5, 5.41) is 2.85. The summed E-state index contributed by atoms with van der Waals surface area (Å²) in [5.74, 6) is -0.816. The van der Waals surface area contributed by atoms with Gasteiger partial charge in [-0.25, -0.2) is 4.39 Å². The van der Waals surface area contributed by atoms with Crippen LogP contribution in [0.4, 0.5) is 4.39 Å². The van der Waals surface area contributed by atoms with Gasteiger partial charge in [0, 0.05) is 43.8 Å². The van der Waals surface area contributed by atoms with Crippen LogP contribution in [-0.2, 0) is 11.3 Å². The molecule has 1 saturated carbocycles. The van der Waals surface area contributed by atoms with E-state index in [1.54, 1.807) is 4.90 Å². The number of nitrogens with two attached hydrogens (primary N) is 1. The van der Waals surface area contributed by atoms with E-state index in [1.165, 1.54) is 35.4 Å². The molecule has 0 bridgehead atoms. The van der Waals surface area contributed by atoms with Gasteiger partial charge in [-0.2, -0.15) is 0 Å². The smallest absolute Gasteiger partial charge is 0.254 e. The molecule has 2 aromatic rings. The molecule has 3 N–H and O–H groups in total. The number of amides is 2. The number of nitrogens with zero attached hydrogens (tertiary/aromatic N) is 2. The molecule has 2 amide bonds. The summed E-state index contributed by atoms with van der Waals surface area (Å²) in [6.45, 7) is 4.10. The zero-order valence-electron chi connectivity index (χ0n) is 18.5. The van der Waals surface area contributed by atoms with Crippen molar-refractivity contribution in [3.8, 4) is 0 Å². The van der Waals surface area contributed by atoms with Crippen LogP contribution < -0.4 is 11.1 Å². The molecule has 0 spiro atoms. The fourth-order valence-corrected chi connectivity index (χ4v) is 4.55. The summed E-state index contributed by atoms with van der Waals surface area (Å²) in [6.07, 6.45) is 2.85. The first-order chi connectivity index (χ1) is 15.5. The molecule has 2 fully saturated rings. The second-order valence-corrected chi connectivity index (χ2v) is 8.78. The summed E-state index contributed by atoms with van der Waals surface area (Å²) in [7, 11) is 0. The van der Waals surface area contributed by atoms with Crippen LogP contribution >= 0.6 is 0 Å². The van der Waals surface area contributed by atoms with Crippen LogP contribution in [0.2, 0.25) is 0 Å². The van der Waals surface area contributed by atoms with Gasteiger partial charge in [-0.05, 0) is 61.6 Å². The lowest BCUT2D eigenvalue weighted by Crippen LogP contribution is -2.47. The Morgan fingerprint density at radius 3 is 2.50 bits per heavy atom. The number of carbonyl (C=O) groups excluding carboxylic acids is 2. The molecular formula is C25H31FN4O2. The molecule has 2 aromatic carbocycles. The van der Waals surface area contributed by atoms with E-state index in [0.29, 0.717) is 37.7 Å². The van der Waals surface area contributed by atoms with Crippen molar-refractivity contribution < 1.29 is 14.0 Å². The first-order valence-corrected chi connectivity index (χ1v) is 11.3. The summed E-state index contributed by atoms with van der Waals surface area (Å²) < 4.78 is 13.4. The molecular weight excluding hydrogens is 407 g/mol. The van der Waals surface area contributed by atoms with Crippen LogP contribution in [0.1, 0.15) is 40.7 Å². The lowest BCUT2D eigenvalue weighted by molar-refractivity contribution is -0.124. The number of likely N-dealkylation sites (tertiary alicyclic amines) is 1. The van der Waals surface area contributed by atoms with Crippen molar-refractivity contribution in [3.63, 3.8) is 0 Å². The minimum Gasteiger partial charge on any atom is -0.353 e. The number of aryl methyl sites for hydroxylation is 1. The molecule has 2 unspecified atom stereocenters. The number of rotatable bonds is 8. The van der Waals surface area contributed by atoms with E-state index < -0.39 is 11.9 Å². The third-order valence-electron chi connectivity index (χ3n) is 6.48. The number of benzene rings is 2. The van der Waals surface area contributed by atoms with E-state index in [4.69, 9.17) is 5.73 Å². The molecule has 4 rings (SSSR count). The minimum atomic E-state index is -0.567. The fraction of sp³-hybridized carbons (Fsp3) is 0.440. The topological polar surface area (TPSA) is 78.7 Å². The number of hydrogen-bond donors (Lipinski definition) is 2. The van der Waals surface area contributed by atoms with Crippen LogP contribution in [0.5, 0.6) is 0 Å². The van der Waals surface area contributed by atoms with Gasteiger partial charge in [-0.15, -0.1) is 0 Å². The molecule has 1 saturated heterocycles. The Kier molecular flexibility index (Phi) is 6.86.